The molecule has 3 rings (SSSR count). The van der Waals surface area contributed by atoms with Crippen molar-refractivity contribution in [1.82, 2.24) is 5.32 Å². The molecule has 0 fully saturated rings. The van der Waals surface area contributed by atoms with Gasteiger partial charge in [0.25, 0.3) is 0 Å². The molecular weight excluding hydrogens is 250 g/mol. The minimum absolute atomic E-state index is 0.0822. The zero-order chi connectivity index (χ0) is 13.9. The van der Waals surface area contributed by atoms with Crippen LogP contribution in [0.25, 0.3) is 16.8 Å². The molecule has 0 bridgehead atoms. The van der Waals surface area contributed by atoms with Crippen LogP contribution < -0.4 is 5.32 Å². The third-order valence-corrected chi connectivity index (χ3v) is 3.56. The Morgan fingerprint density at radius 3 is 2.75 bits per heavy atom. The number of carbonyl (C=O) groups is 1. The SMILES string of the molecule is CNCCOCC1=Cc2cccc3cccc(c23)C1=O. The van der Waals surface area contributed by atoms with Crippen molar-refractivity contribution in [2.75, 3.05) is 26.8 Å². The molecule has 1 aliphatic carbocycles. The highest BCUT2D eigenvalue weighted by molar-refractivity contribution is 6.22. The molecule has 0 aliphatic heterocycles. The molecule has 3 heteroatoms. The summed E-state index contributed by atoms with van der Waals surface area (Å²) in [7, 11) is 1.88. The number of likely N-dealkylation sites (N-methyl/N-ethyl adjacent to an activating group) is 1. The van der Waals surface area contributed by atoms with Crippen molar-refractivity contribution in [2.24, 2.45) is 0 Å². The summed E-state index contributed by atoms with van der Waals surface area (Å²) in [5, 5.41) is 5.18. The number of hydrogen-bond donors (Lipinski definition) is 1. The summed E-state index contributed by atoms with van der Waals surface area (Å²) >= 11 is 0. The Morgan fingerprint density at radius 2 is 1.95 bits per heavy atom. The van der Waals surface area contributed by atoms with Gasteiger partial charge in [0.05, 0.1) is 13.2 Å². The van der Waals surface area contributed by atoms with Crippen LogP contribution in [0.4, 0.5) is 0 Å². The molecule has 0 spiro atoms. The van der Waals surface area contributed by atoms with E-state index in [1.54, 1.807) is 0 Å². The van der Waals surface area contributed by atoms with E-state index in [4.69, 9.17) is 4.74 Å². The molecule has 0 saturated carbocycles. The number of benzene rings is 2. The first-order valence-electron chi connectivity index (χ1n) is 6.80. The van der Waals surface area contributed by atoms with E-state index < -0.39 is 0 Å². The average Bonchev–Trinajstić information content (AvgIpc) is 2.48. The van der Waals surface area contributed by atoms with Gasteiger partial charge in [-0.1, -0.05) is 36.4 Å². The maximum absolute atomic E-state index is 12.5. The molecule has 0 saturated heterocycles. The smallest absolute Gasteiger partial charge is 0.192 e. The predicted octanol–water partition coefficient (Wildman–Crippen LogP) is 2.66. The van der Waals surface area contributed by atoms with Crippen LogP contribution in [0, 0.1) is 0 Å². The Labute approximate surface area is 118 Å². The number of Topliss-reactive ketones (excluding diaryl/α,β-unsaturated/α-hetero) is 1. The Hall–Kier alpha value is -1.97. The number of hydrogen-bond acceptors (Lipinski definition) is 3. The summed E-state index contributed by atoms with van der Waals surface area (Å²) in [5.41, 5.74) is 2.62. The zero-order valence-corrected chi connectivity index (χ0v) is 11.5. The highest BCUT2D eigenvalue weighted by Gasteiger charge is 2.21. The molecule has 2 aromatic carbocycles. The molecule has 0 amide bonds. The second kappa shape index (κ2) is 5.57. The third kappa shape index (κ3) is 2.26. The van der Waals surface area contributed by atoms with Crippen molar-refractivity contribution in [3.8, 4) is 0 Å². The quantitative estimate of drug-likeness (QED) is 0.846. The van der Waals surface area contributed by atoms with Crippen LogP contribution >= 0.6 is 0 Å². The normalized spacial score (nSPS) is 13.7. The first kappa shape index (κ1) is 13.0. The van der Waals surface area contributed by atoms with Gasteiger partial charge in [0, 0.05) is 23.1 Å². The lowest BCUT2D eigenvalue weighted by atomic mass is 9.88. The van der Waals surface area contributed by atoms with Gasteiger partial charge in [-0.15, -0.1) is 0 Å². The zero-order valence-electron chi connectivity index (χ0n) is 11.5. The number of ketones is 1. The van der Waals surface area contributed by atoms with Crippen molar-refractivity contribution in [3.05, 3.63) is 53.1 Å². The minimum atomic E-state index is 0.0822. The highest BCUT2D eigenvalue weighted by atomic mass is 16.5. The van der Waals surface area contributed by atoms with Gasteiger partial charge in [-0.05, 0) is 24.1 Å². The second-order valence-electron chi connectivity index (χ2n) is 4.91. The summed E-state index contributed by atoms with van der Waals surface area (Å²) in [5.74, 6) is 0.0822. The fraction of sp³-hybridized carbons (Fsp3) is 0.235. The lowest BCUT2D eigenvalue weighted by Crippen LogP contribution is -2.18. The van der Waals surface area contributed by atoms with E-state index in [2.05, 4.69) is 5.32 Å². The molecule has 1 aliphatic rings. The van der Waals surface area contributed by atoms with Gasteiger partial charge in [-0.3, -0.25) is 4.79 Å². The first-order chi connectivity index (χ1) is 9.81. The Bertz CT molecular complexity index is 683. The van der Waals surface area contributed by atoms with Gasteiger partial charge < -0.3 is 10.1 Å². The molecular formula is C17H17NO2. The summed E-state index contributed by atoms with van der Waals surface area (Å²) in [6.45, 7) is 1.76. The standard InChI is InChI=1S/C17H17NO2/c1-18-8-9-20-11-14-10-13-6-2-4-12-5-3-7-15(16(12)13)17(14)19/h2-7,10,18H,8-9,11H2,1H3. The van der Waals surface area contributed by atoms with Gasteiger partial charge in [0.15, 0.2) is 5.78 Å². The molecule has 2 aromatic rings. The highest BCUT2D eigenvalue weighted by Crippen LogP contribution is 2.31. The molecule has 0 radical (unpaired) electrons. The number of carbonyl (C=O) groups excluding carboxylic acids is 1. The summed E-state index contributed by atoms with van der Waals surface area (Å²) in [4.78, 5) is 12.5. The second-order valence-corrected chi connectivity index (χ2v) is 4.91. The van der Waals surface area contributed by atoms with E-state index >= 15 is 0 Å². The Balaban J connectivity index is 1.94. The fourth-order valence-corrected chi connectivity index (χ4v) is 2.57. The first-order valence-corrected chi connectivity index (χ1v) is 6.80. The van der Waals surface area contributed by atoms with Crippen molar-refractivity contribution in [1.29, 1.82) is 0 Å². The third-order valence-electron chi connectivity index (χ3n) is 3.56. The van der Waals surface area contributed by atoms with Crippen LogP contribution in [-0.2, 0) is 4.74 Å². The lowest BCUT2D eigenvalue weighted by molar-refractivity contribution is 0.0988. The van der Waals surface area contributed by atoms with E-state index in [0.29, 0.717) is 13.2 Å². The molecule has 0 atom stereocenters. The number of ether oxygens (including phenoxy) is 1. The minimum Gasteiger partial charge on any atom is -0.375 e. The van der Waals surface area contributed by atoms with E-state index in [1.807, 2.05) is 49.5 Å². The van der Waals surface area contributed by atoms with Crippen molar-refractivity contribution < 1.29 is 9.53 Å². The molecule has 20 heavy (non-hydrogen) atoms. The van der Waals surface area contributed by atoms with Crippen LogP contribution in [0.5, 0.6) is 0 Å². The molecule has 1 N–H and O–H groups in total. The maximum Gasteiger partial charge on any atom is 0.192 e. The maximum atomic E-state index is 12.5. The Morgan fingerprint density at radius 1 is 1.15 bits per heavy atom. The molecule has 0 heterocycles. The summed E-state index contributed by atoms with van der Waals surface area (Å²) in [6.07, 6.45) is 1.96. The largest absolute Gasteiger partial charge is 0.375 e. The monoisotopic (exact) mass is 267 g/mol. The summed E-state index contributed by atoms with van der Waals surface area (Å²) in [6, 6.07) is 12.0. The van der Waals surface area contributed by atoms with Crippen LogP contribution in [-0.4, -0.2) is 32.6 Å². The van der Waals surface area contributed by atoms with Gasteiger partial charge in [0.2, 0.25) is 0 Å². The van der Waals surface area contributed by atoms with E-state index in [-0.39, 0.29) is 5.78 Å². The van der Waals surface area contributed by atoms with Crippen molar-refractivity contribution in [3.63, 3.8) is 0 Å². The van der Waals surface area contributed by atoms with Gasteiger partial charge in [-0.25, -0.2) is 0 Å². The summed E-state index contributed by atoms with van der Waals surface area (Å²) < 4.78 is 5.54. The molecule has 102 valence electrons. The molecule has 3 nitrogen and oxygen atoms in total. The molecule has 0 unspecified atom stereocenters. The van der Waals surface area contributed by atoms with Crippen LogP contribution in [0.3, 0.4) is 0 Å². The van der Waals surface area contributed by atoms with Gasteiger partial charge >= 0.3 is 0 Å². The Kier molecular flexibility index (Phi) is 3.63. The molecule has 0 aromatic heterocycles. The van der Waals surface area contributed by atoms with Crippen LogP contribution in [0.2, 0.25) is 0 Å². The lowest BCUT2D eigenvalue weighted by Gasteiger charge is -2.17. The fourth-order valence-electron chi connectivity index (χ4n) is 2.57. The van der Waals surface area contributed by atoms with Crippen LogP contribution in [0.1, 0.15) is 15.9 Å². The van der Waals surface area contributed by atoms with E-state index in [0.717, 1.165) is 34.0 Å². The van der Waals surface area contributed by atoms with Crippen molar-refractivity contribution in [2.45, 2.75) is 0 Å². The van der Waals surface area contributed by atoms with Crippen molar-refractivity contribution >= 4 is 22.6 Å². The van der Waals surface area contributed by atoms with Gasteiger partial charge in [0.1, 0.15) is 0 Å². The van der Waals surface area contributed by atoms with E-state index in [1.165, 1.54) is 0 Å². The average molecular weight is 267 g/mol. The van der Waals surface area contributed by atoms with Gasteiger partial charge in [-0.2, -0.15) is 0 Å². The number of rotatable bonds is 5. The topological polar surface area (TPSA) is 38.3 Å². The van der Waals surface area contributed by atoms with E-state index in [9.17, 15) is 4.79 Å². The van der Waals surface area contributed by atoms with Crippen LogP contribution in [0.15, 0.2) is 42.0 Å². The number of nitrogens with one attached hydrogen (secondary N) is 1. The predicted molar refractivity (Wildman–Crippen MR) is 81.0 cm³/mol.